The van der Waals surface area contributed by atoms with Crippen LogP contribution in [-0.4, -0.2) is 29.5 Å². The fourth-order valence-corrected chi connectivity index (χ4v) is 1.40. The molecule has 0 bridgehead atoms. The van der Waals surface area contributed by atoms with E-state index in [2.05, 4.69) is 0 Å². The van der Waals surface area contributed by atoms with Crippen LogP contribution in [0.3, 0.4) is 0 Å². The molecule has 0 saturated carbocycles. The van der Waals surface area contributed by atoms with Crippen molar-refractivity contribution in [2.24, 2.45) is 0 Å². The Morgan fingerprint density at radius 3 is 1.68 bits per heavy atom. The summed E-state index contributed by atoms with van der Waals surface area (Å²) in [5.41, 5.74) is -8.03. The van der Waals surface area contributed by atoms with Gasteiger partial charge in [-0.25, -0.2) is 4.39 Å². The van der Waals surface area contributed by atoms with Crippen LogP contribution in [0, 0.1) is 0 Å². The van der Waals surface area contributed by atoms with Crippen LogP contribution < -0.4 is 5.46 Å². The maximum absolute atomic E-state index is 13.6. The van der Waals surface area contributed by atoms with Gasteiger partial charge in [-0.05, 0) is 5.46 Å². The second-order valence-electron chi connectivity index (χ2n) is 3.65. The van der Waals surface area contributed by atoms with E-state index >= 15 is 0 Å². The van der Waals surface area contributed by atoms with Crippen molar-refractivity contribution in [2.45, 2.75) is 18.0 Å². The fourth-order valence-electron chi connectivity index (χ4n) is 1.40. The highest BCUT2D eigenvalue weighted by Crippen LogP contribution is 2.52. The molecule has 0 saturated heterocycles. The van der Waals surface area contributed by atoms with E-state index < -0.39 is 36.2 Å². The molecular formula is C9H6BF7O2. The van der Waals surface area contributed by atoms with Crippen LogP contribution in [0.4, 0.5) is 30.7 Å². The van der Waals surface area contributed by atoms with E-state index in [1.54, 1.807) is 0 Å². The van der Waals surface area contributed by atoms with Gasteiger partial charge < -0.3 is 10.0 Å². The first kappa shape index (κ1) is 15.8. The van der Waals surface area contributed by atoms with E-state index in [4.69, 9.17) is 10.0 Å². The van der Waals surface area contributed by atoms with Gasteiger partial charge in [0.05, 0.1) is 0 Å². The molecule has 0 aromatic heterocycles. The lowest BCUT2D eigenvalue weighted by Crippen LogP contribution is -2.51. The van der Waals surface area contributed by atoms with Gasteiger partial charge >= 0.3 is 25.1 Å². The summed E-state index contributed by atoms with van der Waals surface area (Å²) in [5, 5.41) is 17.4. The number of halogens is 7. The molecule has 1 aromatic rings. The average Bonchev–Trinajstić information content (AvgIpc) is 2.25. The molecule has 0 atom stereocenters. The minimum Gasteiger partial charge on any atom is -0.423 e. The SMILES string of the molecule is OB(O)c1cccc(C(F)(C(F)(F)F)C(F)(F)F)c1. The third-order valence-electron chi connectivity index (χ3n) is 2.36. The Hall–Kier alpha value is -1.29. The van der Waals surface area contributed by atoms with E-state index in [0.717, 1.165) is 6.07 Å². The van der Waals surface area contributed by atoms with Gasteiger partial charge in [-0.15, -0.1) is 0 Å². The Kier molecular flexibility index (Phi) is 3.88. The standard InChI is InChI=1S/C9H6BF7O2/c11-7(8(12,13)14,9(15,16)17)5-2-1-3-6(4-5)10(18)19/h1-4,18-19H. The first-order valence-corrected chi connectivity index (χ1v) is 4.70. The Labute approximate surface area is 102 Å². The number of alkyl halides is 7. The Morgan fingerprint density at radius 2 is 1.32 bits per heavy atom. The van der Waals surface area contributed by atoms with E-state index in [1.165, 1.54) is 0 Å². The highest BCUT2D eigenvalue weighted by atomic mass is 19.4. The smallest absolute Gasteiger partial charge is 0.423 e. The normalized spacial score (nSPS) is 13.5. The number of rotatable bonds is 2. The van der Waals surface area contributed by atoms with Gasteiger partial charge in [0.2, 0.25) is 0 Å². The van der Waals surface area contributed by atoms with Crippen molar-refractivity contribution >= 4 is 12.6 Å². The van der Waals surface area contributed by atoms with Crippen LogP contribution in [0.1, 0.15) is 5.56 Å². The molecule has 0 unspecified atom stereocenters. The second kappa shape index (κ2) is 4.67. The quantitative estimate of drug-likeness (QED) is 0.642. The van der Waals surface area contributed by atoms with Gasteiger partial charge in [0.25, 0.3) is 0 Å². The second-order valence-corrected chi connectivity index (χ2v) is 3.65. The molecule has 0 aliphatic heterocycles. The van der Waals surface area contributed by atoms with Gasteiger partial charge in [0.1, 0.15) is 0 Å². The van der Waals surface area contributed by atoms with E-state index in [0.29, 0.717) is 6.07 Å². The van der Waals surface area contributed by atoms with Crippen LogP contribution in [0.5, 0.6) is 0 Å². The molecule has 2 nitrogen and oxygen atoms in total. The van der Waals surface area contributed by atoms with Crippen LogP contribution in [0.2, 0.25) is 0 Å². The van der Waals surface area contributed by atoms with Crippen molar-refractivity contribution in [3.8, 4) is 0 Å². The summed E-state index contributed by atoms with van der Waals surface area (Å²) < 4.78 is 88.0. The van der Waals surface area contributed by atoms with Gasteiger partial charge in [0, 0.05) is 5.56 Å². The summed E-state index contributed by atoms with van der Waals surface area (Å²) in [6.07, 6.45) is -12.5. The average molecular weight is 290 g/mol. The first-order valence-electron chi connectivity index (χ1n) is 4.70. The zero-order valence-corrected chi connectivity index (χ0v) is 8.93. The topological polar surface area (TPSA) is 40.5 Å². The van der Waals surface area contributed by atoms with Crippen molar-refractivity contribution < 1.29 is 40.8 Å². The van der Waals surface area contributed by atoms with Gasteiger partial charge in [0.15, 0.2) is 0 Å². The summed E-state index contributed by atoms with van der Waals surface area (Å²) in [6, 6.07) is 1.88. The molecule has 0 aliphatic carbocycles. The number of hydrogen-bond acceptors (Lipinski definition) is 2. The van der Waals surface area contributed by atoms with Crippen molar-refractivity contribution in [3.63, 3.8) is 0 Å². The Bertz CT molecular complexity index is 441. The van der Waals surface area contributed by atoms with Gasteiger partial charge in [-0.3, -0.25) is 0 Å². The van der Waals surface area contributed by atoms with Crippen molar-refractivity contribution in [2.75, 3.05) is 0 Å². The van der Waals surface area contributed by atoms with Crippen molar-refractivity contribution in [1.29, 1.82) is 0 Å². The minimum absolute atomic E-state index is 0.103. The molecule has 0 aliphatic rings. The van der Waals surface area contributed by atoms with Crippen LogP contribution in [0.15, 0.2) is 24.3 Å². The molecule has 1 rings (SSSR count). The number of hydrogen-bond donors (Lipinski definition) is 2. The molecule has 10 heteroatoms. The lowest BCUT2D eigenvalue weighted by atomic mass is 9.78. The van der Waals surface area contributed by atoms with Crippen LogP contribution in [-0.2, 0) is 5.67 Å². The molecule has 0 heterocycles. The molecule has 0 amide bonds. The maximum Gasteiger partial charge on any atom is 0.488 e. The van der Waals surface area contributed by atoms with Crippen LogP contribution >= 0.6 is 0 Å². The molecule has 1 aromatic carbocycles. The monoisotopic (exact) mass is 290 g/mol. The molecule has 2 N–H and O–H groups in total. The van der Waals surface area contributed by atoms with E-state index in [9.17, 15) is 30.7 Å². The maximum atomic E-state index is 13.6. The summed E-state index contributed by atoms with van der Waals surface area (Å²) in [4.78, 5) is 0. The van der Waals surface area contributed by atoms with E-state index in [-0.39, 0.29) is 12.1 Å². The summed E-state index contributed by atoms with van der Waals surface area (Å²) in [5.74, 6) is 0. The first-order chi connectivity index (χ1) is 8.41. The molecule has 0 radical (unpaired) electrons. The molecule has 0 fully saturated rings. The van der Waals surface area contributed by atoms with E-state index in [1.807, 2.05) is 0 Å². The lowest BCUT2D eigenvalue weighted by Gasteiger charge is -2.30. The zero-order valence-electron chi connectivity index (χ0n) is 8.93. The minimum atomic E-state index is -6.23. The largest absolute Gasteiger partial charge is 0.488 e. The fraction of sp³-hybridized carbons (Fsp3) is 0.333. The van der Waals surface area contributed by atoms with Crippen molar-refractivity contribution in [1.82, 2.24) is 0 Å². The lowest BCUT2D eigenvalue weighted by molar-refractivity contribution is -0.348. The van der Waals surface area contributed by atoms with Gasteiger partial charge in [-0.1, -0.05) is 24.3 Å². The summed E-state index contributed by atoms with van der Waals surface area (Å²) >= 11 is 0. The Morgan fingerprint density at radius 1 is 0.842 bits per heavy atom. The molecule has 106 valence electrons. The number of benzene rings is 1. The summed E-state index contributed by atoms with van der Waals surface area (Å²) in [6.45, 7) is 0. The third kappa shape index (κ3) is 2.68. The highest BCUT2D eigenvalue weighted by Gasteiger charge is 2.73. The third-order valence-corrected chi connectivity index (χ3v) is 2.36. The van der Waals surface area contributed by atoms with Crippen molar-refractivity contribution in [3.05, 3.63) is 29.8 Å². The van der Waals surface area contributed by atoms with Crippen LogP contribution in [0.25, 0.3) is 0 Å². The predicted octanol–water partition coefficient (Wildman–Crippen LogP) is 1.66. The Balaban J connectivity index is 3.48. The predicted molar refractivity (Wildman–Crippen MR) is 51.2 cm³/mol. The molecular weight excluding hydrogens is 284 g/mol. The molecule has 19 heavy (non-hydrogen) atoms. The zero-order chi connectivity index (χ0) is 15.1. The highest BCUT2D eigenvalue weighted by molar-refractivity contribution is 6.58. The summed E-state index contributed by atoms with van der Waals surface area (Å²) in [7, 11) is -2.31. The molecule has 0 spiro atoms. The van der Waals surface area contributed by atoms with Gasteiger partial charge in [-0.2, -0.15) is 26.3 Å².